The fourth-order valence-electron chi connectivity index (χ4n) is 2.91. The van der Waals surface area contributed by atoms with Gasteiger partial charge in [-0.1, -0.05) is 31.4 Å². The van der Waals surface area contributed by atoms with Crippen molar-refractivity contribution in [3.8, 4) is 5.75 Å². The van der Waals surface area contributed by atoms with Gasteiger partial charge in [-0.2, -0.15) is 0 Å². The molecular weight excluding hydrogens is 276 g/mol. The monoisotopic (exact) mass is 304 g/mol. The van der Waals surface area contributed by atoms with E-state index in [2.05, 4.69) is 10.2 Å². The van der Waals surface area contributed by atoms with Crippen molar-refractivity contribution in [3.63, 3.8) is 0 Å². The zero-order chi connectivity index (χ0) is 15.8. The Kier molecular flexibility index (Phi) is 6.72. The number of hydrogen-bond donors (Lipinski definition) is 1. The number of likely N-dealkylation sites (tertiary alicyclic amines) is 1. The van der Waals surface area contributed by atoms with Crippen LogP contribution in [0.2, 0.25) is 0 Å². The highest BCUT2D eigenvalue weighted by Crippen LogP contribution is 2.24. The molecule has 1 aliphatic heterocycles. The van der Waals surface area contributed by atoms with Crippen LogP contribution >= 0.6 is 0 Å². The first-order valence-corrected chi connectivity index (χ1v) is 8.49. The van der Waals surface area contributed by atoms with Crippen LogP contribution in [0.4, 0.5) is 5.69 Å². The van der Waals surface area contributed by atoms with E-state index < -0.39 is 0 Å². The highest BCUT2D eigenvalue weighted by atomic mass is 16.5. The summed E-state index contributed by atoms with van der Waals surface area (Å²) >= 11 is 0. The van der Waals surface area contributed by atoms with Crippen molar-refractivity contribution in [2.75, 3.05) is 25.0 Å². The number of rotatable bonds is 5. The second-order valence-electron chi connectivity index (χ2n) is 5.90. The topological polar surface area (TPSA) is 41.6 Å². The maximum Gasteiger partial charge on any atom is 0.241 e. The molecular formula is C18H28N2O2. The summed E-state index contributed by atoms with van der Waals surface area (Å²) < 4.78 is 5.57. The van der Waals surface area contributed by atoms with Crippen LogP contribution in [0.1, 0.15) is 46.0 Å². The van der Waals surface area contributed by atoms with Crippen LogP contribution in [0.25, 0.3) is 0 Å². The van der Waals surface area contributed by atoms with Crippen molar-refractivity contribution in [1.82, 2.24) is 4.90 Å². The van der Waals surface area contributed by atoms with Crippen molar-refractivity contribution in [2.24, 2.45) is 0 Å². The zero-order valence-corrected chi connectivity index (χ0v) is 13.8. The zero-order valence-electron chi connectivity index (χ0n) is 13.8. The quantitative estimate of drug-likeness (QED) is 0.902. The van der Waals surface area contributed by atoms with Gasteiger partial charge in [0.2, 0.25) is 5.91 Å². The predicted molar refractivity (Wildman–Crippen MR) is 90.4 cm³/mol. The molecule has 1 atom stereocenters. The van der Waals surface area contributed by atoms with Gasteiger partial charge in [-0.15, -0.1) is 0 Å². The number of para-hydroxylation sites is 2. The molecule has 0 aromatic heterocycles. The summed E-state index contributed by atoms with van der Waals surface area (Å²) in [5, 5.41) is 3.02. The average Bonchev–Trinajstić information content (AvgIpc) is 2.48. The summed E-state index contributed by atoms with van der Waals surface area (Å²) in [7, 11) is 0. The molecule has 1 amide bonds. The Bertz CT molecular complexity index is 468. The average molecular weight is 304 g/mol. The molecule has 0 unspecified atom stereocenters. The standard InChI is InChI=1S/C18H28N2O2/c1-3-22-17-12-8-7-11-16(17)19-18(21)15(2)20-13-9-5-4-6-10-14-20/h7-8,11-12,15H,3-6,9-10,13-14H2,1-2H3,(H,19,21)/t15-/m0/s1. The minimum absolute atomic E-state index is 0.0488. The van der Waals surface area contributed by atoms with Gasteiger partial charge in [-0.25, -0.2) is 0 Å². The lowest BCUT2D eigenvalue weighted by atomic mass is 10.1. The van der Waals surface area contributed by atoms with Gasteiger partial charge in [0.05, 0.1) is 18.3 Å². The number of nitrogens with zero attached hydrogens (tertiary/aromatic N) is 1. The number of benzene rings is 1. The van der Waals surface area contributed by atoms with Gasteiger partial charge >= 0.3 is 0 Å². The molecule has 1 aromatic rings. The van der Waals surface area contributed by atoms with Crippen molar-refractivity contribution >= 4 is 11.6 Å². The third kappa shape index (κ3) is 4.73. The normalized spacial score (nSPS) is 18.1. The molecule has 0 saturated carbocycles. The van der Waals surface area contributed by atoms with Crippen LogP contribution in [-0.4, -0.2) is 36.5 Å². The molecule has 1 aliphatic rings. The van der Waals surface area contributed by atoms with Crippen LogP contribution in [0, 0.1) is 0 Å². The van der Waals surface area contributed by atoms with Gasteiger partial charge < -0.3 is 10.1 Å². The number of nitrogens with one attached hydrogen (secondary N) is 1. The van der Waals surface area contributed by atoms with Crippen LogP contribution in [-0.2, 0) is 4.79 Å². The van der Waals surface area contributed by atoms with E-state index in [4.69, 9.17) is 4.74 Å². The number of anilines is 1. The van der Waals surface area contributed by atoms with E-state index in [-0.39, 0.29) is 11.9 Å². The fourth-order valence-corrected chi connectivity index (χ4v) is 2.91. The smallest absolute Gasteiger partial charge is 0.241 e. The minimum atomic E-state index is -0.104. The van der Waals surface area contributed by atoms with E-state index in [1.165, 1.54) is 32.1 Å². The third-order valence-corrected chi connectivity index (χ3v) is 4.26. The molecule has 0 aliphatic carbocycles. The lowest BCUT2D eigenvalue weighted by molar-refractivity contribution is -0.120. The molecule has 1 N–H and O–H groups in total. The molecule has 2 rings (SSSR count). The Labute approximate surface area is 133 Å². The van der Waals surface area contributed by atoms with Crippen molar-refractivity contribution < 1.29 is 9.53 Å². The Balaban J connectivity index is 1.98. The highest BCUT2D eigenvalue weighted by molar-refractivity contribution is 5.95. The summed E-state index contributed by atoms with van der Waals surface area (Å²) in [4.78, 5) is 14.9. The highest BCUT2D eigenvalue weighted by Gasteiger charge is 2.22. The summed E-state index contributed by atoms with van der Waals surface area (Å²) in [5.74, 6) is 0.783. The van der Waals surface area contributed by atoms with Crippen LogP contribution in [0.3, 0.4) is 0 Å². The predicted octanol–water partition coefficient (Wildman–Crippen LogP) is 3.68. The summed E-state index contributed by atoms with van der Waals surface area (Å²) in [6.07, 6.45) is 6.26. The molecule has 4 nitrogen and oxygen atoms in total. The molecule has 122 valence electrons. The lowest BCUT2D eigenvalue weighted by Gasteiger charge is -2.29. The fraction of sp³-hybridized carbons (Fsp3) is 0.611. The molecule has 0 radical (unpaired) electrons. The van der Waals surface area contributed by atoms with E-state index >= 15 is 0 Å². The molecule has 1 saturated heterocycles. The Hall–Kier alpha value is -1.55. The summed E-state index contributed by atoms with van der Waals surface area (Å²) in [5.41, 5.74) is 0.758. The molecule has 4 heteroatoms. The van der Waals surface area contributed by atoms with Gasteiger partial charge in [0.15, 0.2) is 0 Å². The number of ether oxygens (including phenoxy) is 1. The first kappa shape index (κ1) is 16.8. The second-order valence-corrected chi connectivity index (χ2v) is 5.90. The second kappa shape index (κ2) is 8.79. The van der Waals surface area contributed by atoms with E-state index in [9.17, 15) is 4.79 Å². The van der Waals surface area contributed by atoms with Gasteiger partial charge in [0.1, 0.15) is 5.75 Å². The van der Waals surface area contributed by atoms with Gasteiger partial charge in [-0.05, 0) is 51.9 Å². The van der Waals surface area contributed by atoms with Gasteiger partial charge in [0.25, 0.3) is 0 Å². The van der Waals surface area contributed by atoms with Crippen molar-refractivity contribution in [2.45, 2.75) is 52.0 Å². The Morgan fingerprint density at radius 2 is 1.82 bits per heavy atom. The lowest BCUT2D eigenvalue weighted by Crippen LogP contribution is -2.43. The summed E-state index contributed by atoms with van der Waals surface area (Å²) in [6, 6.07) is 7.51. The van der Waals surface area contributed by atoms with E-state index in [0.717, 1.165) is 24.5 Å². The number of carbonyl (C=O) groups excluding carboxylic acids is 1. The first-order chi connectivity index (χ1) is 10.7. The van der Waals surface area contributed by atoms with Crippen molar-refractivity contribution in [1.29, 1.82) is 0 Å². The van der Waals surface area contributed by atoms with Crippen molar-refractivity contribution in [3.05, 3.63) is 24.3 Å². The van der Waals surface area contributed by atoms with Crippen LogP contribution in [0.5, 0.6) is 5.75 Å². The summed E-state index contributed by atoms with van der Waals surface area (Å²) in [6.45, 7) is 6.57. The molecule has 1 fully saturated rings. The molecule has 0 bridgehead atoms. The first-order valence-electron chi connectivity index (χ1n) is 8.49. The van der Waals surface area contributed by atoms with E-state index in [0.29, 0.717) is 6.61 Å². The molecule has 22 heavy (non-hydrogen) atoms. The Morgan fingerprint density at radius 3 is 2.50 bits per heavy atom. The maximum absolute atomic E-state index is 12.6. The Morgan fingerprint density at radius 1 is 1.18 bits per heavy atom. The minimum Gasteiger partial charge on any atom is -0.492 e. The number of carbonyl (C=O) groups is 1. The third-order valence-electron chi connectivity index (χ3n) is 4.26. The largest absolute Gasteiger partial charge is 0.492 e. The number of hydrogen-bond acceptors (Lipinski definition) is 3. The molecule has 0 spiro atoms. The van der Waals surface area contributed by atoms with Crippen LogP contribution in [0.15, 0.2) is 24.3 Å². The van der Waals surface area contributed by atoms with Gasteiger partial charge in [-0.3, -0.25) is 9.69 Å². The van der Waals surface area contributed by atoms with Crippen LogP contribution < -0.4 is 10.1 Å². The van der Waals surface area contributed by atoms with E-state index in [1.807, 2.05) is 38.1 Å². The molecule has 1 heterocycles. The maximum atomic E-state index is 12.6. The van der Waals surface area contributed by atoms with E-state index in [1.54, 1.807) is 0 Å². The SMILES string of the molecule is CCOc1ccccc1NC(=O)[C@H](C)N1CCCCCCC1. The molecule has 1 aromatic carbocycles. The number of amides is 1. The van der Waals surface area contributed by atoms with Gasteiger partial charge in [0, 0.05) is 0 Å².